The predicted molar refractivity (Wildman–Crippen MR) is 54.2 cm³/mol. The lowest BCUT2D eigenvalue weighted by molar-refractivity contribution is -0.142. The summed E-state index contributed by atoms with van der Waals surface area (Å²) in [5, 5.41) is 8.46. The van der Waals surface area contributed by atoms with Crippen molar-refractivity contribution in [3.8, 4) is 5.88 Å². The van der Waals surface area contributed by atoms with E-state index in [9.17, 15) is 18.0 Å². The molecule has 1 aromatic rings. The zero-order chi connectivity index (χ0) is 13.8. The Labute approximate surface area is 101 Å². The fraction of sp³-hybridized carbons (Fsp3) is 0.500. The van der Waals surface area contributed by atoms with Gasteiger partial charge in [0.25, 0.3) is 0 Å². The van der Waals surface area contributed by atoms with Crippen LogP contribution < -0.4 is 4.74 Å². The third kappa shape index (κ3) is 3.57. The molecular weight excluding hydrogens is 253 g/mol. The van der Waals surface area contributed by atoms with E-state index in [1.54, 1.807) is 0 Å². The second-order valence-electron chi connectivity index (χ2n) is 3.46. The molecule has 0 aliphatic heterocycles. The van der Waals surface area contributed by atoms with Crippen molar-refractivity contribution in [2.75, 3.05) is 7.11 Å². The summed E-state index contributed by atoms with van der Waals surface area (Å²) in [6.07, 6.45) is -4.13. The van der Waals surface area contributed by atoms with E-state index in [1.807, 2.05) is 0 Å². The molecule has 0 spiro atoms. The molecule has 1 heterocycles. The van der Waals surface area contributed by atoms with Crippen molar-refractivity contribution in [1.29, 1.82) is 0 Å². The van der Waals surface area contributed by atoms with Gasteiger partial charge in [-0.1, -0.05) is 0 Å². The SMILES string of the molecule is COc1ncnc(C(F)(F)F)c1CCCC(=O)O. The highest BCUT2D eigenvalue weighted by molar-refractivity contribution is 5.66. The van der Waals surface area contributed by atoms with Gasteiger partial charge in [-0.2, -0.15) is 13.2 Å². The lowest BCUT2D eigenvalue weighted by Crippen LogP contribution is -2.14. The van der Waals surface area contributed by atoms with Gasteiger partial charge >= 0.3 is 12.1 Å². The minimum atomic E-state index is -4.62. The summed E-state index contributed by atoms with van der Waals surface area (Å²) in [7, 11) is 1.20. The van der Waals surface area contributed by atoms with E-state index in [2.05, 4.69) is 9.97 Å². The molecule has 1 rings (SSSR count). The third-order valence-electron chi connectivity index (χ3n) is 2.19. The fourth-order valence-corrected chi connectivity index (χ4v) is 1.46. The van der Waals surface area contributed by atoms with Gasteiger partial charge in [-0.25, -0.2) is 9.97 Å². The van der Waals surface area contributed by atoms with Gasteiger partial charge in [0, 0.05) is 12.0 Å². The number of alkyl halides is 3. The molecule has 18 heavy (non-hydrogen) atoms. The number of halogens is 3. The molecule has 100 valence electrons. The first kappa shape index (κ1) is 14.2. The Balaban J connectivity index is 3.01. The molecule has 0 bridgehead atoms. The van der Waals surface area contributed by atoms with Gasteiger partial charge in [0.05, 0.1) is 7.11 Å². The van der Waals surface area contributed by atoms with Crippen molar-refractivity contribution in [2.45, 2.75) is 25.4 Å². The second kappa shape index (κ2) is 5.65. The van der Waals surface area contributed by atoms with Gasteiger partial charge in [0.1, 0.15) is 6.33 Å². The van der Waals surface area contributed by atoms with Crippen LogP contribution in [0.25, 0.3) is 0 Å². The number of aromatic nitrogens is 2. The maximum absolute atomic E-state index is 12.7. The largest absolute Gasteiger partial charge is 0.481 e. The molecule has 0 aromatic carbocycles. The van der Waals surface area contributed by atoms with E-state index in [0.29, 0.717) is 0 Å². The van der Waals surface area contributed by atoms with Crippen molar-refractivity contribution < 1.29 is 27.8 Å². The fourth-order valence-electron chi connectivity index (χ4n) is 1.46. The summed E-state index contributed by atoms with van der Waals surface area (Å²) in [6, 6.07) is 0. The molecule has 5 nitrogen and oxygen atoms in total. The molecule has 0 aliphatic carbocycles. The Morgan fingerprint density at radius 2 is 2.11 bits per heavy atom. The number of carboxylic acids is 1. The number of aliphatic carboxylic acids is 1. The van der Waals surface area contributed by atoms with Crippen LogP contribution in [-0.2, 0) is 17.4 Å². The van der Waals surface area contributed by atoms with Crippen LogP contribution in [-0.4, -0.2) is 28.2 Å². The van der Waals surface area contributed by atoms with Crippen LogP contribution in [0.15, 0.2) is 6.33 Å². The van der Waals surface area contributed by atoms with Crippen LogP contribution in [0.2, 0.25) is 0 Å². The number of ether oxygens (including phenoxy) is 1. The molecule has 0 fully saturated rings. The van der Waals surface area contributed by atoms with Crippen molar-refractivity contribution >= 4 is 5.97 Å². The average molecular weight is 264 g/mol. The van der Waals surface area contributed by atoms with Crippen LogP contribution in [0, 0.1) is 0 Å². The first-order valence-corrected chi connectivity index (χ1v) is 5.03. The van der Waals surface area contributed by atoms with Gasteiger partial charge in [-0.15, -0.1) is 0 Å². The molecule has 1 N–H and O–H groups in total. The molecule has 0 aliphatic rings. The Bertz CT molecular complexity index is 435. The van der Waals surface area contributed by atoms with Crippen LogP contribution in [0.1, 0.15) is 24.1 Å². The molecule has 0 amide bonds. The summed E-state index contributed by atoms with van der Waals surface area (Å²) in [4.78, 5) is 17.1. The van der Waals surface area contributed by atoms with Crippen molar-refractivity contribution in [2.24, 2.45) is 0 Å². The number of hydrogen-bond donors (Lipinski definition) is 1. The van der Waals surface area contributed by atoms with Gasteiger partial charge < -0.3 is 9.84 Å². The summed E-state index contributed by atoms with van der Waals surface area (Å²) >= 11 is 0. The standard InChI is InChI=1S/C10H11F3N2O3/c1-18-9-6(3-2-4-7(16)17)8(10(11,12)13)14-5-15-9/h5H,2-4H2,1H3,(H,16,17). The molecule has 8 heteroatoms. The third-order valence-corrected chi connectivity index (χ3v) is 2.19. The highest BCUT2D eigenvalue weighted by atomic mass is 19.4. The molecule has 0 atom stereocenters. The van der Waals surface area contributed by atoms with E-state index < -0.39 is 17.8 Å². The average Bonchev–Trinajstić information content (AvgIpc) is 2.27. The minimum Gasteiger partial charge on any atom is -0.481 e. The van der Waals surface area contributed by atoms with Crippen molar-refractivity contribution in [1.82, 2.24) is 9.97 Å². The number of nitrogens with zero attached hydrogens (tertiary/aromatic N) is 2. The molecule has 0 unspecified atom stereocenters. The molecule has 0 saturated carbocycles. The monoisotopic (exact) mass is 264 g/mol. The molecule has 0 radical (unpaired) electrons. The van der Waals surface area contributed by atoms with Crippen LogP contribution in [0.4, 0.5) is 13.2 Å². The maximum atomic E-state index is 12.7. The lowest BCUT2D eigenvalue weighted by atomic mass is 10.1. The van der Waals surface area contributed by atoms with E-state index in [4.69, 9.17) is 9.84 Å². The van der Waals surface area contributed by atoms with Gasteiger partial charge in [-0.3, -0.25) is 4.79 Å². The van der Waals surface area contributed by atoms with E-state index in [0.717, 1.165) is 6.33 Å². The van der Waals surface area contributed by atoms with Crippen molar-refractivity contribution in [3.05, 3.63) is 17.6 Å². The zero-order valence-corrected chi connectivity index (χ0v) is 9.49. The summed E-state index contributed by atoms with van der Waals surface area (Å²) < 4.78 is 42.8. The Morgan fingerprint density at radius 1 is 1.44 bits per heavy atom. The number of hydrogen-bond acceptors (Lipinski definition) is 4. The van der Waals surface area contributed by atoms with Crippen LogP contribution in [0.5, 0.6) is 5.88 Å². The summed E-state index contributed by atoms with van der Waals surface area (Å²) in [5.41, 5.74) is -1.30. The highest BCUT2D eigenvalue weighted by Crippen LogP contribution is 2.33. The Hall–Kier alpha value is -1.86. The summed E-state index contributed by atoms with van der Waals surface area (Å²) in [6.45, 7) is 0. The number of carboxylic acid groups (broad SMARTS) is 1. The van der Waals surface area contributed by atoms with Crippen molar-refractivity contribution in [3.63, 3.8) is 0 Å². The number of carbonyl (C=O) groups is 1. The van der Waals surface area contributed by atoms with E-state index >= 15 is 0 Å². The number of methoxy groups -OCH3 is 1. The van der Waals surface area contributed by atoms with E-state index in [1.165, 1.54) is 7.11 Å². The molecule has 0 saturated heterocycles. The molecular formula is C10H11F3N2O3. The van der Waals surface area contributed by atoms with Crippen LogP contribution >= 0.6 is 0 Å². The first-order valence-electron chi connectivity index (χ1n) is 5.03. The topological polar surface area (TPSA) is 72.3 Å². The first-order chi connectivity index (χ1) is 8.36. The second-order valence-corrected chi connectivity index (χ2v) is 3.46. The normalized spacial score (nSPS) is 11.3. The Kier molecular flexibility index (Phi) is 4.46. The van der Waals surface area contributed by atoms with Gasteiger partial charge in [-0.05, 0) is 12.8 Å². The molecule has 1 aromatic heterocycles. The minimum absolute atomic E-state index is 0.0577. The predicted octanol–water partition coefficient (Wildman–Crippen LogP) is 1.91. The highest BCUT2D eigenvalue weighted by Gasteiger charge is 2.36. The number of rotatable bonds is 5. The van der Waals surface area contributed by atoms with Crippen LogP contribution in [0.3, 0.4) is 0 Å². The Morgan fingerprint density at radius 3 is 2.61 bits per heavy atom. The smallest absolute Gasteiger partial charge is 0.433 e. The van der Waals surface area contributed by atoms with Gasteiger partial charge in [0.2, 0.25) is 5.88 Å². The van der Waals surface area contributed by atoms with E-state index in [-0.39, 0.29) is 30.7 Å². The zero-order valence-electron chi connectivity index (χ0n) is 9.49. The quantitative estimate of drug-likeness (QED) is 0.879. The maximum Gasteiger partial charge on any atom is 0.433 e. The lowest BCUT2D eigenvalue weighted by Gasteiger charge is -2.13. The summed E-state index contributed by atoms with van der Waals surface area (Å²) in [5.74, 6) is -1.25. The van der Waals surface area contributed by atoms with Gasteiger partial charge in [0.15, 0.2) is 5.69 Å².